The molecule has 0 aliphatic heterocycles. The highest BCUT2D eigenvalue weighted by molar-refractivity contribution is 5.98. The highest BCUT2D eigenvalue weighted by atomic mass is 16.5. The number of rotatable bonds is 3. The minimum atomic E-state index is -0.454. The van der Waals surface area contributed by atoms with E-state index in [1.165, 1.54) is 0 Å². The predicted molar refractivity (Wildman–Crippen MR) is 46.8 cm³/mol. The molecule has 1 aromatic rings. The zero-order valence-electron chi connectivity index (χ0n) is 7.61. The van der Waals surface area contributed by atoms with Gasteiger partial charge in [0.25, 0.3) is 0 Å². The molecule has 1 aromatic heterocycles. The van der Waals surface area contributed by atoms with Crippen LogP contribution in [0.5, 0.6) is 0 Å². The lowest BCUT2D eigenvalue weighted by Gasteiger charge is -1.98. The van der Waals surface area contributed by atoms with E-state index in [0.717, 1.165) is 0 Å². The summed E-state index contributed by atoms with van der Waals surface area (Å²) in [6, 6.07) is 0. The van der Waals surface area contributed by atoms with Crippen LogP contribution in [0.2, 0.25) is 0 Å². The van der Waals surface area contributed by atoms with Crippen molar-refractivity contribution in [1.29, 1.82) is 0 Å². The van der Waals surface area contributed by atoms with Crippen molar-refractivity contribution in [3.63, 3.8) is 0 Å². The van der Waals surface area contributed by atoms with Gasteiger partial charge in [-0.05, 0) is 6.92 Å². The van der Waals surface area contributed by atoms with Gasteiger partial charge in [0.2, 0.25) is 0 Å². The molecule has 0 aliphatic carbocycles. The van der Waals surface area contributed by atoms with Crippen molar-refractivity contribution in [2.24, 2.45) is 7.05 Å². The SMILES string of the molecule is CCOC(=O)c1cn(C)cc1C=O. The molecule has 0 saturated heterocycles. The van der Waals surface area contributed by atoms with Gasteiger partial charge in [0, 0.05) is 25.0 Å². The fourth-order valence-electron chi connectivity index (χ4n) is 1.08. The molecule has 0 radical (unpaired) electrons. The van der Waals surface area contributed by atoms with Gasteiger partial charge in [0.15, 0.2) is 6.29 Å². The van der Waals surface area contributed by atoms with Crippen LogP contribution in [0.25, 0.3) is 0 Å². The largest absolute Gasteiger partial charge is 0.462 e. The molecule has 0 unspecified atom stereocenters. The summed E-state index contributed by atoms with van der Waals surface area (Å²) in [6.45, 7) is 2.04. The van der Waals surface area contributed by atoms with Gasteiger partial charge in [-0.2, -0.15) is 0 Å². The molecule has 1 rings (SSSR count). The Hall–Kier alpha value is -1.58. The molecule has 0 fully saturated rings. The van der Waals surface area contributed by atoms with E-state index in [0.29, 0.717) is 24.0 Å². The lowest BCUT2D eigenvalue weighted by molar-refractivity contribution is 0.0524. The zero-order valence-corrected chi connectivity index (χ0v) is 7.61. The first-order valence-corrected chi connectivity index (χ1v) is 3.97. The van der Waals surface area contributed by atoms with Gasteiger partial charge < -0.3 is 9.30 Å². The molecule has 0 spiro atoms. The summed E-state index contributed by atoms with van der Waals surface area (Å²) in [4.78, 5) is 21.8. The standard InChI is InChI=1S/C9H11NO3/c1-3-13-9(12)8-5-10(2)4-7(8)6-11/h4-6H,3H2,1-2H3. The minimum Gasteiger partial charge on any atom is -0.462 e. The van der Waals surface area contributed by atoms with E-state index in [2.05, 4.69) is 0 Å². The Bertz CT molecular complexity index is 328. The number of ether oxygens (including phenoxy) is 1. The molecule has 4 nitrogen and oxygen atoms in total. The number of esters is 1. The van der Waals surface area contributed by atoms with Gasteiger partial charge in [0.05, 0.1) is 12.2 Å². The predicted octanol–water partition coefficient (Wildman–Crippen LogP) is 1.01. The smallest absolute Gasteiger partial charge is 0.340 e. The topological polar surface area (TPSA) is 48.3 Å². The molecule has 0 amide bonds. The highest BCUT2D eigenvalue weighted by Crippen LogP contribution is 2.08. The van der Waals surface area contributed by atoms with E-state index in [9.17, 15) is 9.59 Å². The van der Waals surface area contributed by atoms with E-state index in [1.807, 2.05) is 0 Å². The number of hydrogen-bond acceptors (Lipinski definition) is 3. The van der Waals surface area contributed by atoms with Gasteiger partial charge in [-0.1, -0.05) is 0 Å². The second-order valence-electron chi connectivity index (χ2n) is 2.63. The maximum Gasteiger partial charge on any atom is 0.340 e. The maximum absolute atomic E-state index is 11.2. The summed E-state index contributed by atoms with van der Waals surface area (Å²) < 4.78 is 6.42. The van der Waals surface area contributed by atoms with E-state index < -0.39 is 5.97 Å². The Morgan fingerprint density at radius 2 is 2.31 bits per heavy atom. The van der Waals surface area contributed by atoms with Crippen LogP contribution in [-0.2, 0) is 11.8 Å². The van der Waals surface area contributed by atoms with Gasteiger partial charge in [0.1, 0.15) is 0 Å². The Morgan fingerprint density at radius 1 is 1.62 bits per heavy atom. The van der Waals surface area contributed by atoms with Crippen molar-refractivity contribution in [2.75, 3.05) is 6.61 Å². The summed E-state index contributed by atoms with van der Waals surface area (Å²) >= 11 is 0. The molecule has 70 valence electrons. The van der Waals surface area contributed by atoms with Gasteiger partial charge >= 0.3 is 5.97 Å². The lowest BCUT2D eigenvalue weighted by Crippen LogP contribution is -2.05. The second-order valence-corrected chi connectivity index (χ2v) is 2.63. The van der Waals surface area contributed by atoms with E-state index >= 15 is 0 Å². The van der Waals surface area contributed by atoms with Crippen LogP contribution in [0.4, 0.5) is 0 Å². The summed E-state index contributed by atoms with van der Waals surface area (Å²) in [7, 11) is 1.75. The zero-order chi connectivity index (χ0) is 9.84. The van der Waals surface area contributed by atoms with E-state index in [-0.39, 0.29) is 0 Å². The van der Waals surface area contributed by atoms with Crippen molar-refractivity contribution in [1.82, 2.24) is 4.57 Å². The molecule has 0 atom stereocenters. The summed E-state index contributed by atoms with van der Waals surface area (Å²) in [5, 5.41) is 0. The number of carbonyl (C=O) groups is 2. The first kappa shape index (κ1) is 9.51. The maximum atomic E-state index is 11.2. The van der Waals surface area contributed by atoms with Crippen molar-refractivity contribution in [3.8, 4) is 0 Å². The average Bonchev–Trinajstić information content (AvgIpc) is 2.47. The van der Waals surface area contributed by atoms with Crippen LogP contribution in [0.15, 0.2) is 12.4 Å². The quantitative estimate of drug-likeness (QED) is 0.516. The van der Waals surface area contributed by atoms with Crippen LogP contribution < -0.4 is 0 Å². The van der Waals surface area contributed by atoms with Crippen LogP contribution in [0, 0.1) is 0 Å². The Morgan fingerprint density at radius 3 is 2.85 bits per heavy atom. The van der Waals surface area contributed by atoms with Crippen LogP contribution in [-0.4, -0.2) is 23.4 Å². The molecular weight excluding hydrogens is 170 g/mol. The van der Waals surface area contributed by atoms with Crippen LogP contribution in [0.3, 0.4) is 0 Å². The molecule has 0 N–H and O–H groups in total. The molecule has 13 heavy (non-hydrogen) atoms. The number of nitrogens with zero attached hydrogens (tertiary/aromatic N) is 1. The van der Waals surface area contributed by atoms with Crippen molar-refractivity contribution < 1.29 is 14.3 Å². The van der Waals surface area contributed by atoms with Crippen molar-refractivity contribution in [2.45, 2.75) is 6.92 Å². The minimum absolute atomic E-state index is 0.312. The van der Waals surface area contributed by atoms with E-state index in [4.69, 9.17) is 4.74 Å². The van der Waals surface area contributed by atoms with Crippen LogP contribution in [0.1, 0.15) is 27.6 Å². The van der Waals surface area contributed by atoms with Gasteiger partial charge in [-0.15, -0.1) is 0 Å². The normalized spacial score (nSPS) is 9.69. The number of aromatic nitrogens is 1. The number of aryl methyl sites for hydroxylation is 1. The van der Waals surface area contributed by atoms with E-state index in [1.54, 1.807) is 30.9 Å². The first-order chi connectivity index (χ1) is 6.19. The highest BCUT2D eigenvalue weighted by Gasteiger charge is 2.13. The fourth-order valence-corrected chi connectivity index (χ4v) is 1.08. The Balaban J connectivity index is 2.98. The number of carbonyl (C=O) groups excluding carboxylic acids is 2. The molecule has 1 heterocycles. The molecule has 0 aromatic carbocycles. The third-order valence-electron chi connectivity index (χ3n) is 1.61. The summed E-state index contributed by atoms with van der Waals surface area (Å²) in [6.07, 6.45) is 3.80. The number of aldehydes is 1. The Kier molecular flexibility index (Phi) is 2.84. The fraction of sp³-hybridized carbons (Fsp3) is 0.333. The Labute approximate surface area is 76.1 Å². The molecule has 0 saturated carbocycles. The van der Waals surface area contributed by atoms with Crippen LogP contribution >= 0.6 is 0 Å². The molecule has 4 heteroatoms. The third-order valence-corrected chi connectivity index (χ3v) is 1.61. The van der Waals surface area contributed by atoms with Gasteiger partial charge in [-0.3, -0.25) is 4.79 Å². The monoisotopic (exact) mass is 181 g/mol. The first-order valence-electron chi connectivity index (χ1n) is 3.97. The molecular formula is C9H11NO3. The van der Waals surface area contributed by atoms with Crippen molar-refractivity contribution in [3.05, 3.63) is 23.5 Å². The molecule has 0 aliphatic rings. The van der Waals surface area contributed by atoms with Gasteiger partial charge in [-0.25, -0.2) is 4.79 Å². The molecule has 0 bridgehead atoms. The second kappa shape index (κ2) is 3.89. The number of hydrogen-bond donors (Lipinski definition) is 0. The van der Waals surface area contributed by atoms with Crippen molar-refractivity contribution >= 4 is 12.3 Å². The average molecular weight is 181 g/mol. The summed E-state index contributed by atoms with van der Waals surface area (Å²) in [5.41, 5.74) is 0.681. The lowest BCUT2D eigenvalue weighted by atomic mass is 10.2. The third kappa shape index (κ3) is 1.96. The summed E-state index contributed by atoms with van der Waals surface area (Å²) in [5.74, 6) is -0.454.